The van der Waals surface area contributed by atoms with Gasteiger partial charge >= 0.3 is 0 Å². The van der Waals surface area contributed by atoms with Gasteiger partial charge < -0.3 is 14.6 Å². The van der Waals surface area contributed by atoms with Crippen molar-refractivity contribution in [2.45, 2.75) is 19.4 Å². The van der Waals surface area contributed by atoms with Crippen LogP contribution >= 0.6 is 11.6 Å². The summed E-state index contributed by atoms with van der Waals surface area (Å²) >= 11 is 5.84. The number of nitrogens with zero attached hydrogens (tertiary/aromatic N) is 1. The minimum absolute atomic E-state index is 0.120. The molecule has 1 amide bonds. The fraction of sp³-hybridized carbons (Fsp3) is 0.273. The molecule has 1 aliphatic rings. The molecule has 144 valence electrons. The zero-order chi connectivity index (χ0) is 19.5. The average molecular weight is 397 g/mol. The molecule has 1 heterocycles. The number of hydrogen-bond donors (Lipinski definition) is 1. The Morgan fingerprint density at radius 1 is 1.11 bits per heavy atom. The van der Waals surface area contributed by atoms with Crippen LogP contribution in [-0.4, -0.2) is 29.4 Å². The lowest BCUT2D eigenvalue weighted by Gasteiger charge is -2.09. The zero-order valence-electron chi connectivity index (χ0n) is 15.4. The van der Waals surface area contributed by atoms with Crippen molar-refractivity contribution in [1.82, 2.24) is 9.88 Å². The number of aromatic nitrogens is 1. The summed E-state index contributed by atoms with van der Waals surface area (Å²) in [6.45, 7) is 0.930. The Balaban J connectivity index is 1.35. The van der Waals surface area contributed by atoms with E-state index in [2.05, 4.69) is 5.32 Å². The highest BCUT2D eigenvalue weighted by Crippen LogP contribution is 2.35. The van der Waals surface area contributed by atoms with E-state index in [1.807, 2.05) is 35.0 Å². The minimum atomic E-state index is -0.120. The molecule has 1 aliphatic carbocycles. The lowest BCUT2D eigenvalue weighted by molar-refractivity contribution is -0.121. The Kier molecular flexibility index (Phi) is 5.35. The number of hydrogen-bond acceptors (Lipinski definition) is 3. The second-order valence-electron chi connectivity index (χ2n) is 6.98. The second-order valence-corrected chi connectivity index (χ2v) is 7.42. The summed E-state index contributed by atoms with van der Waals surface area (Å²) in [5, 5.41) is 4.42. The molecule has 0 atom stereocenters. The van der Waals surface area contributed by atoms with Gasteiger partial charge in [0, 0.05) is 33.6 Å². The van der Waals surface area contributed by atoms with E-state index < -0.39 is 0 Å². The molecule has 3 aromatic rings. The number of rotatable bonds is 8. The Labute approximate surface area is 168 Å². The smallest absolute Gasteiger partial charge is 0.240 e. The summed E-state index contributed by atoms with van der Waals surface area (Å²) in [5.74, 6) is 0.925. The number of carbonyl (C=O) groups excluding carboxylic acids is 2. The molecule has 6 heteroatoms. The molecule has 0 unspecified atom stereocenters. The number of amides is 1. The summed E-state index contributed by atoms with van der Waals surface area (Å²) in [6, 6.07) is 14.8. The van der Waals surface area contributed by atoms with E-state index in [9.17, 15) is 9.59 Å². The van der Waals surface area contributed by atoms with Gasteiger partial charge in [0.15, 0.2) is 5.78 Å². The predicted octanol–water partition coefficient (Wildman–Crippen LogP) is 4.08. The van der Waals surface area contributed by atoms with Crippen LogP contribution in [0.2, 0.25) is 5.02 Å². The molecular formula is C22H21ClN2O3. The molecule has 28 heavy (non-hydrogen) atoms. The maximum absolute atomic E-state index is 12.5. The van der Waals surface area contributed by atoms with E-state index in [-0.39, 0.29) is 24.2 Å². The highest BCUT2D eigenvalue weighted by molar-refractivity contribution is 6.30. The monoisotopic (exact) mass is 396 g/mol. The first-order valence-corrected chi connectivity index (χ1v) is 9.77. The van der Waals surface area contributed by atoms with Crippen LogP contribution in [0.4, 0.5) is 0 Å². The average Bonchev–Trinajstić information content (AvgIpc) is 3.49. The largest absolute Gasteiger partial charge is 0.492 e. The normalized spacial score (nSPS) is 13.5. The molecule has 0 radical (unpaired) electrons. The number of halogens is 1. The number of Topliss-reactive ketones (excluding diaryl/α,β-unsaturated/α-hetero) is 1. The van der Waals surface area contributed by atoms with E-state index in [1.54, 1.807) is 24.3 Å². The van der Waals surface area contributed by atoms with Gasteiger partial charge in [-0.15, -0.1) is 0 Å². The molecule has 5 nitrogen and oxygen atoms in total. The topological polar surface area (TPSA) is 60.3 Å². The van der Waals surface area contributed by atoms with Crippen molar-refractivity contribution < 1.29 is 14.3 Å². The first kappa shape index (κ1) is 18.6. The molecule has 2 aromatic carbocycles. The van der Waals surface area contributed by atoms with Crippen molar-refractivity contribution in [1.29, 1.82) is 0 Å². The third-order valence-electron chi connectivity index (χ3n) is 4.82. The van der Waals surface area contributed by atoms with Crippen molar-refractivity contribution in [3.8, 4) is 5.75 Å². The van der Waals surface area contributed by atoms with Gasteiger partial charge in [-0.3, -0.25) is 9.59 Å². The molecule has 1 saturated carbocycles. The fourth-order valence-corrected chi connectivity index (χ4v) is 3.37. The van der Waals surface area contributed by atoms with Gasteiger partial charge in [0.05, 0.1) is 6.54 Å². The third kappa shape index (κ3) is 4.20. The predicted molar refractivity (Wildman–Crippen MR) is 109 cm³/mol. The number of fused-ring (bicyclic) bond motifs is 1. The summed E-state index contributed by atoms with van der Waals surface area (Å²) in [7, 11) is 0. The Hall–Kier alpha value is -2.79. The van der Waals surface area contributed by atoms with Crippen molar-refractivity contribution in [3.05, 3.63) is 65.3 Å². The Morgan fingerprint density at radius 3 is 2.61 bits per heavy atom. The van der Waals surface area contributed by atoms with Crippen LogP contribution in [0, 0.1) is 5.92 Å². The standard InChI is InChI=1S/C22H21ClN2O3/c23-16-7-9-17(10-8-16)28-12-11-24-21(26)14-25-13-19(22(27)15-5-6-15)18-3-1-2-4-20(18)25/h1-4,7-10,13,15H,5-6,11-12,14H2,(H,24,26). The maximum atomic E-state index is 12.5. The van der Waals surface area contributed by atoms with E-state index in [4.69, 9.17) is 16.3 Å². The van der Waals surface area contributed by atoms with Crippen molar-refractivity contribution in [2.75, 3.05) is 13.2 Å². The molecule has 1 N–H and O–H groups in total. The van der Waals surface area contributed by atoms with Crippen LogP contribution in [-0.2, 0) is 11.3 Å². The van der Waals surface area contributed by atoms with E-state index >= 15 is 0 Å². The van der Waals surface area contributed by atoms with Gasteiger partial charge in [0.2, 0.25) is 5.91 Å². The van der Waals surface area contributed by atoms with Crippen molar-refractivity contribution in [2.24, 2.45) is 5.92 Å². The van der Waals surface area contributed by atoms with Gasteiger partial charge in [0.1, 0.15) is 18.9 Å². The van der Waals surface area contributed by atoms with Gasteiger partial charge in [-0.05, 0) is 43.2 Å². The van der Waals surface area contributed by atoms with Crippen LogP contribution in [0.3, 0.4) is 0 Å². The van der Waals surface area contributed by atoms with Gasteiger partial charge in [-0.25, -0.2) is 0 Å². The van der Waals surface area contributed by atoms with Crippen molar-refractivity contribution >= 4 is 34.2 Å². The van der Waals surface area contributed by atoms with Crippen LogP contribution in [0.25, 0.3) is 10.9 Å². The van der Waals surface area contributed by atoms with E-state index in [1.165, 1.54) is 0 Å². The maximum Gasteiger partial charge on any atom is 0.240 e. The molecule has 0 bridgehead atoms. The quantitative estimate of drug-likeness (QED) is 0.461. The highest BCUT2D eigenvalue weighted by Gasteiger charge is 2.32. The Bertz CT molecular complexity index is 1010. The van der Waals surface area contributed by atoms with Crippen LogP contribution in [0.15, 0.2) is 54.7 Å². The molecule has 0 saturated heterocycles. The first-order chi connectivity index (χ1) is 13.6. The molecule has 0 aliphatic heterocycles. The number of carbonyl (C=O) groups is 2. The van der Waals surface area contributed by atoms with Crippen LogP contribution in [0.5, 0.6) is 5.75 Å². The SMILES string of the molecule is O=C(Cn1cc(C(=O)C2CC2)c2ccccc21)NCCOc1ccc(Cl)cc1. The molecular weight excluding hydrogens is 376 g/mol. The van der Waals surface area contributed by atoms with Crippen LogP contribution < -0.4 is 10.1 Å². The molecule has 4 rings (SSSR count). The summed E-state index contributed by atoms with van der Waals surface area (Å²) in [5.41, 5.74) is 1.62. The van der Waals surface area contributed by atoms with Crippen LogP contribution in [0.1, 0.15) is 23.2 Å². The number of para-hydroxylation sites is 1. The number of nitrogens with one attached hydrogen (secondary N) is 1. The summed E-state index contributed by atoms with van der Waals surface area (Å²) in [6.07, 6.45) is 3.74. The molecule has 1 fully saturated rings. The zero-order valence-corrected chi connectivity index (χ0v) is 16.1. The first-order valence-electron chi connectivity index (χ1n) is 9.39. The third-order valence-corrected chi connectivity index (χ3v) is 5.07. The van der Waals surface area contributed by atoms with Gasteiger partial charge in [-0.1, -0.05) is 29.8 Å². The summed E-state index contributed by atoms with van der Waals surface area (Å²) < 4.78 is 7.42. The van der Waals surface area contributed by atoms with E-state index in [0.717, 1.165) is 29.3 Å². The molecule has 0 spiro atoms. The molecule has 1 aromatic heterocycles. The number of ether oxygens (including phenoxy) is 1. The number of benzene rings is 2. The van der Waals surface area contributed by atoms with E-state index in [0.29, 0.717) is 23.9 Å². The fourth-order valence-electron chi connectivity index (χ4n) is 3.24. The van der Waals surface area contributed by atoms with Gasteiger partial charge in [-0.2, -0.15) is 0 Å². The minimum Gasteiger partial charge on any atom is -0.492 e. The Morgan fingerprint density at radius 2 is 1.86 bits per heavy atom. The summed E-state index contributed by atoms with van der Waals surface area (Å²) in [4.78, 5) is 24.9. The highest BCUT2D eigenvalue weighted by atomic mass is 35.5. The van der Waals surface area contributed by atoms with Gasteiger partial charge in [0.25, 0.3) is 0 Å². The lowest BCUT2D eigenvalue weighted by Crippen LogP contribution is -2.31. The second kappa shape index (κ2) is 8.07. The number of ketones is 1. The lowest BCUT2D eigenvalue weighted by atomic mass is 10.1. The van der Waals surface area contributed by atoms with Crippen molar-refractivity contribution in [3.63, 3.8) is 0 Å².